The molecule has 3 amide bonds. The van der Waals surface area contributed by atoms with Gasteiger partial charge in [-0.1, -0.05) is 0 Å². The van der Waals surface area contributed by atoms with E-state index in [0.29, 0.717) is 5.69 Å². The first-order valence-corrected chi connectivity index (χ1v) is 6.19. The van der Waals surface area contributed by atoms with Crippen molar-refractivity contribution in [1.82, 2.24) is 10.6 Å². The van der Waals surface area contributed by atoms with E-state index in [2.05, 4.69) is 15.4 Å². The third-order valence-electron chi connectivity index (χ3n) is 3.00. The third kappa shape index (κ3) is 3.47. The standard InChI is InChI=1S/C13H14FN3O4/c1-21-11(18)6-15-12(19)10-7-17(13(20)16-10)9-4-2-8(14)3-5-9/h2-5,10H,6-7H2,1H3,(H,15,19)(H,16,20). The molecule has 2 N–H and O–H groups in total. The average Bonchev–Trinajstić information content (AvgIpc) is 2.87. The number of carbonyl (C=O) groups is 3. The van der Waals surface area contributed by atoms with Crippen LogP contribution in [0.25, 0.3) is 0 Å². The molecule has 1 fully saturated rings. The lowest BCUT2D eigenvalue weighted by atomic mass is 10.2. The van der Waals surface area contributed by atoms with Gasteiger partial charge in [0.05, 0.1) is 13.7 Å². The van der Waals surface area contributed by atoms with Crippen LogP contribution >= 0.6 is 0 Å². The molecule has 7 nitrogen and oxygen atoms in total. The second kappa shape index (κ2) is 6.21. The fourth-order valence-corrected chi connectivity index (χ4v) is 1.88. The van der Waals surface area contributed by atoms with Gasteiger partial charge in [0.15, 0.2) is 0 Å². The summed E-state index contributed by atoms with van der Waals surface area (Å²) in [4.78, 5) is 35.9. The number of hydrogen-bond donors (Lipinski definition) is 2. The van der Waals surface area contributed by atoms with E-state index in [0.717, 1.165) is 0 Å². The van der Waals surface area contributed by atoms with E-state index in [4.69, 9.17) is 0 Å². The van der Waals surface area contributed by atoms with Gasteiger partial charge in [0.25, 0.3) is 0 Å². The average molecular weight is 295 g/mol. The van der Waals surface area contributed by atoms with Gasteiger partial charge in [-0.15, -0.1) is 0 Å². The molecule has 0 saturated carbocycles. The van der Waals surface area contributed by atoms with Crippen LogP contribution in [0.5, 0.6) is 0 Å². The summed E-state index contributed by atoms with van der Waals surface area (Å²) in [5, 5.41) is 4.85. The summed E-state index contributed by atoms with van der Waals surface area (Å²) in [5.41, 5.74) is 0.483. The maximum Gasteiger partial charge on any atom is 0.325 e. The lowest BCUT2D eigenvalue weighted by Gasteiger charge is -2.14. The van der Waals surface area contributed by atoms with Gasteiger partial charge in [0.1, 0.15) is 18.4 Å². The van der Waals surface area contributed by atoms with Crippen LogP contribution in [0.4, 0.5) is 14.9 Å². The van der Waals surface area contributed by atoms with Crippen LogP contribution in [0.2, 0.25) is 0 Å². The first-order chi connectivity index (χ1) is 10.0. The molecule has 1 atom stereocenters. The summed E-state index contributed by atoms with van der Waals surface area (Å²) < 4.78 is 17.3. The number of benzene rings is 1. The Balaban J connectivity index is 1.97. The Bertz CT molecular complexity index is 561. The number of nitrogens with one attached hydrogen (secondary N) is 2. The van der Waals surface area contributed by atoms with Crippen molar-refractivity contribution in [2.75, 3.05) is 25.1 Å². The Kier molecular flexibility index (Phi) is 4.36. The molecule has 0 aliphatic carbocycles. The van der Waals surface area contributed by atoms with Crippen LogP contribution in [0.1, 0.15) is 0 Å². The van der Waals surface area contributed by atoms with Crippen LogP contribution in [0.15, 0.2) is 24.3 Å². The zero-order valence-corrected chi connectivity index (χ0v) is 11.3. The van der Waals surface area contributed by atoms with E-state index in [9.17, 15) is 18.8 Å². The van der Waals surface area contributed by atoms with E-state index in [1.54, 1.807) is 0 Å². The lowest BCUT2D eigenvalue weighted by molar-refractivity contribution is -0.141. The molecule has 0 radical (unpaired) electrons. The van der Waals surface area contributed by atoms with Crippen molar-refractivity contribution in [2.24, 2.45) is 0 Å². The molecule has 1 aliphatic rings. The number of halogens is 1. The summed E-state index contributed by atoms with van der Waals surface area (Å²) in [5.74, 6) is -1.48. The summed E-state index contributed by atoms with van der Waals surface area (Å²) in [6.45, 7) is -0.171. The molecule has 1 saturated heterocycles. The van der Waals surface area contributed by atoms with E-state index in [-0.39, 0.29) is 13.1 Å². The van der Waals surface area contributed by atoms with Gasteiger partial charge in [0, 0.05) is 5.69 Å². The molecule has 1 unspecified atom stereocenters. The number of urea groups is 1. The predicted octanol–water partition coefficient (Wildman–Crippen LogP) is 0.0131. The number of ether oxygens (including phenoxy) is 1. The highest BCUT2D eigenvalue weighted by atomic mass is 19.1. The Morgan fingerprint density at radius 1 is 1.43 bits per heavy atom. The molecule has 0 bridgehead atoms. The first kappa shape index (κ1) is 14.8. The maximum absolute atomic E-state index is 12.9. The van der Waals surface area contributed by atoms with E-state index < -0.39 is 29.8 Å². The van der Waals surface area contributed by atoms with Gasteiger partial charge < -0.3 is 15.4 Å². The Morgan fingerprint density at radius 2 is 2.10 bits per heavy atom. The first-order valence-electron chi connectivity index (χ1n) is 6.19. The lowest BCUT2D eigenvalue weighted by Crippen LogP contribution is -2.44. The van der Waals surface area contributed by atoms with Crippen molar-refractivity contribution in [1.29, 1.82) is 0 Å². The number of amides is 3. The van der Waals surface area contributed by atoms with Crippen molar-refractivity contribution in [3.05, 3.63) is 30.1 Å². The van der Waals surface area contributed by atoms with Crippen molar-refractivity contribution < 1.29 is 23.5 Å². The summed E-state index contributed by atoms with van der Waals surface area (Å²) in [7, 11) is 1.21. The molecule has 1 aliphatic heterocycles. The second-order valence-electron chi connectivity index (χ2n) is 4.38. The quantitative estimate of drug-likeness (QED) is 0.766. The molecule has 1 aromatic carbocycles. The molecule has 1 aromatic rings. The molecular formula is C13H14FN3O4. The molecule has 2 rings (SSSR count). The highest BCUT2D eigenvalue weighted by molar-refractivity contribution is 6.00. The van der Waals surface area contributed by atoms with E-state index in [1.165, 1.54) is 36.3 Å². The van der Waals surface area contributed by atoms with Crippen molar-refractivity contribution in [3.63, 3.8) is 0 Å². The van der Waals surface area contributed by atoms with E-state index >= 15 is 0 Å². The highest BCUT2D eigenvalue weighted by Crippen LogP contribution is 2.18. The van der Waals surface area contributed by atoms with Gasteiger partial charge >= 0.3 is 12.0 Å². The number of hydrogen-bond acceptors (Lipinski definition) is 4. The van der Waals surface area contributed by atoms with Crippen molar-refractivity contribution >= 4 is 23.6 Å². The molecule has 0 spiro atoms. The second-order valence-corrected chi connectivity index (χ2v) is 4.38. The van der Waals surface area contributed by atoms with Gasteiger partial charge in [-0.25, -0.2) is 9.18 Å². The Hall–Kier alpha value is -2.64. The monoisotopic (exact) mass is 295 g/mol. The zero-order valence-electron chi connectivity index (χ0n) is 11.3. The minimum absolute atomic E-state index is 0.0947. The van der Waals surface area contributed by atoms with Crippen molar-refractivity contribution in [2.45, 2.75) is 6.04 Å². The van der Waals surface area contributed by atoms with Gasteiger partial charge in [-0.3, -0.25) is 14.5 Å². The predicted molar refractivity (Wildman–Crippen MR) is 71.1 cm³/mol. The van der Waals surface area contributed by atoms with E-state index in [1.807, 2.05) is 0 Å². The number of anilines is 1. The molecule has 1 heterocycles. The molecule has 21 heavy (non-hydrogen) atoms. The van der Waals surface area contributed by atoms with Gasteiger partial charge in [-0.2, -0.15) is 0 Å². The smallest absolute Gasteiger partial charge is 0.325 e. The largest absolute Gasteiger partial charge is 0.468 e. The van der Waals surface area contributed by atoms with Gasteiger partial charge in [-0.05, 0) is 24.3 Å². The summed E-state index contributed by atoms with van der Waals surface area (Å²) in [6.07, 6.45) is 0. The summed E-state index contributed by atoms with van der Waals surface area (Å²) >= 11 is 0. The number of nitrogens with zero attached hydrogens (tertiary/aromatic N) is 1. The zero-order chi connectivity index (χ0) is 15.4. The fourth-order valence-electron chi connectivity index (χ4n) is 1.88. The molecule has 112 valence electrons. The van der Waals surface area contributed by atoms with Crippen LogP contribution in [0.3, 0.4) is 0 Å². The Morgan fingerprint density at radius 3 is 2.71 bits per heavy atom. The van der Waals surface area contributed by atoms with Crippen molar-refractivity contribution in [3.8, 4) is 0 Å². The highest BCUT2D eigenvalue weighted by Gasteiger charge is 2.34. The molecule has 8 heteroatoms. The number of rotatable bonds is 4. The molecule has 0 aromatic heterocycles. The topological polar surface area (TPSA) is 87.7 Å². The SMILES string of the molecule is COC(=O)CNC(=O)C1CN(c2ccc(F)cc2)C(=O)N1. The molecular weight excluding hydrogens is 281 g/mol. The number of methoxy groups -OCH3 is 1. The number of esters is 1. The third-order valence-corrected chi connectivity index (χ3v) is 3.00. The minimum atomic E-state index is -0.785. The van der Waals surface area contributed by atoms with Crippen LogP contribution in [-0.2, 0) is 14.3 Å². The number of carbonyl (C=O) groups excluding carboxylic acids is 3. The normalized spacial score (nSPS) is 17.3. The fraction of sp³-hybridized carbons (Fsp3) is 0.308. The maximum atomic E-state index is 12.9. The summed E-state index contributed by atoms with van der Waals surface area (Å²) in [6, 6.07) is 4.11. The van der Waals surface area contributed by atoms with Crippen LogP contribution in [0, 0.1) is 5.82 Å². The van der Waals surface area contributed by atoms with Crippen LogP contribution in [-0.4, -0.2) is 44.1 Å². The minimum Gasteiger partial charge on any atom is -0.468 e. The Labute approximate surface area is 120 Å². The van der Waals surface area contributed by atoms with Crippen LogP contribution < -0.4 is 15.5 Å². The van der Waals surface area contributed by atoms with Gasteiger partial charge in [0.2, 0.25) is 5.91 Å².